The molecule has 0 atom stereocenters. The maximum atomic E-state index is 14.1. The summed E-state index contributed by atoms with van der Waals surface area (Å²) in [7, 11) is 1.50. The largest absolute Gasteiger partial charge is 0.497 e. The first-order chi connectivity index (χ1) is 16.8. The number of methoxy groups -OCH3 is 1. The number of nitrogens with one attached hydrogen (secondary N) is 1. The Balaban J connectivity index is 1.71. The Bertz CT molecular complexity index is 1360. The lowest BCUT2D eigenvalue weighted by molar-refractivity contribution is -0.122. The fraction of sp³-hybridized carbons (Fsp3) is 0.0800. The van der Waals surface area contributed by atoms with Crippen molar-refractivity contribution in [3.05, 3.63) is 92.1 Å². The van der Waals surface area contributed by atoms with Gasteiger partial charge in [-0.3, -0.25) is 14.9 Å². The minimum absolute atomic E-state index is 0.0836. The zero-order valence-corrected chi connectivity index (χ0v) is 21.4. The summed E-state index contributed by atoms with van der Waals surface area (Å²) in [4.78, 5) is 39.2. The molecule has 1 saturated heterocycles. The van der Waals surface area contributed by atoms with E-state index in [1.54, 1.807) is 42.5 Å². The number of ether oxygens (including phenoxy) is 2. The van der Waals surface area contributed by atoms with Crippen LogP contribution in [0.1, 0.15) is 11.1 Å². The molecule has 7 nitrogen and oxygen atoms in total. The molecule has 3 aromatic carbocycles. The van der Waals surface area contributed by atoms with Crippen LogP contribution in [0.5, 0.6) is 11.5 Å². The van der Waals surface area contributed by atoms with Crippen LogP contribution < -0.4 is 19.7 Å². The molecule has 1 N–H and O–H groups in total. The van der Waals surface area contributed by atoms with Crippen LogP contribution in [0.15, 0.2) is 75.2 Å². The Kier molecular flexibility index (Phi) is 7.32. The summed E-state index contributed by atoms with van der Waals surface area (Å²) in [6, 6.07) is 14.9. The number of hydrogen-bond donors (Lipinski definition) is 1. The summed E-state index contributed by atoms with van der Waals surface area (Å²) in [5, 5.41) is 2.19. The highest BCUT2D eigenvalue weighted by atomic mass is 79.9. The van der Waals surface area contributed by atoms with Gasteiger partial charge in [0.05, 0.1) is 17.3 Å². The molecular weight excluding hydrogens is 587 g/mol. The van der Waals surface area contributed by atoms with Crippen LogP contribution in [0.4, 0.5) is 14.9 Å². The highest BCUT2D eigenvalue weighted by molar-refractivity contribution is 9.11. The number of carbonyl (C=O) groups is 3. The van der Waals surface area contributed by atoms with Crippen molar-refractivity contribution in [3.8, 4) is 11.5 Å². The van der Waals surface area contributed by atoms with E-state index in [-0.39, 0.29) is 23.6 Å². The molecule has 1 aliphatic heterocycles. The fourth-order valence-electron chi connectivity index (χ4n) is 3.38. The molecule has 3 aromatic rings. The third-order valence-corrected chi connectivity index (χ3v) is 6.15. The third kappa shape index (κ3) is 5.28. The predicted molar refractivity (Wildman–Crippen MR) is 135 cm³/mol. The van der Waals surface area contributed by atoms with E-state index < -0.39 is 23.7 Å². The van der Waals surface area contributed by atoms with Gasteiger partial charge in [-0.2, -0.15) is 0 Å². The number of carbonyl (C=O) groups excluding carboxylic acids is 3. The molecule has 35 heavy (non-hydrogen) atoms. The lowest BCUT2D eigenvalue weighted by Gasteiger charge is -2.26. The summed E-state index contributed by atoms with van der Waals surface area (Å²) in [6.07, 6.45) is 1.33. The molecule has 0 aliphatic carbocycles. The number of amides is 4. The molecule has 0 bridgehead atoms. The van der Waals surface area contributed by atoms with Crippen molar-refractivity contribution in [2.45, 2.75) is 6.61 Å². The topological polar surface area (TPSA) is 84.9 Å². The van der Waals surface area contributed by atoms with Crippen LogP contribution in [0.2, 0.25) is 0 Å². The normalized spacial score (nSPS) is 14.8. The number of rotatable bonds is 6. The van der Waals surface area contributed by atoms with Crippen LogP contribution in [0, 0.1) is 5.82 Å². The average molecular weight is 604 g/mol. The van der Waals surface area contributed by atoms with Gasteiger partial charge >= 0.3 is 6.03 Å². The zero-order chi connectivity index (χ0) is 25.1. The molecule has 10 heteroatoms. The standard InChI is InChI=1S/C25H17Br2FN2O5/c1-34-18-8-6-17(7-9-18)30-24(32)19(23(31)29-25(30)33)11-15-10-16(26)12-20(27)22(15)35-13-14-4-2-3-5-21(14)28/h2-12H,13H2,1H3,(H,29,31,33)/b19-11+. The minimum atomic E-state index is -0.867. The predicted octanol–water partition coefficient (Wildman–Crippen LogP) is 5.60. The Morgan fingerprint density at radius 2 is 1.74 bits per heavy atom. The van der Waals surface area contributed by atoms with Gasteiger partial charge in [-0.05, 0) is 64.5 Å². The minimum Gasteiger partial charge on any atom is -0.497 e. The molecular formula is C25H17Br2FN2O5. The molecule has 0 unspecified atom stereocenters. The van der Waals surface area contributed by atoms with E-state index in [0.717, 1.165) is 4.90 Å². The molecule has 1 heterocycles. The Labute approximate surface area is 216 Å². The summed E-state index contributed by atoms with van der Waals surface area (Å²) in [5.41, 5.74) is 0.688. The van der Waals surface area contributed by atoms with E-state index in [1.165, 1.54) is 31.4 Å². The molecule has 1 fully saturated rings. The van der Waals surface area contributed by atoms with E-state index >= 15 is 0 Å². The van der Waals surface area contributed by atoms with Gasteiger partial charge in [0.2, 0.25) is 0 Å². The van der Waals surface area contributed by atoms with E-state index in [1.807, 2.05) is 0 Å². The number of halogens is 3. The van der Waals surface area contributed by atoms with Gasteiger partial charge in [-0.25, -0.2) is 14.1 Å². The summed E-state index contributed by atoms with van der Waals surface area (Å²) >= 11 is 6.80. The zero-order valence-electron chi connectivity index (χ0n) is 18.2. The quantitative estimate of drug-likeness (QED) is 0.293. The Morgan fingerprint density at radius 1 is 1.03 bits per heavy atom. The number of anilines is 1. The number of urea groups is 1. The highest BCUT2D eigenvalue weighted by Gasteiger charge is 2.37. The molecule has 4 rings (SSSR count). The first-order valence-electron chi connectivity index (χ1n) is 10.2. The van der Waals surface area contributed by atoms with E-state index in [2.05, 4.69) is 37.2 Å². The van der Waals surface area contributed by atoms with Crippen molar-refractivity contribution >= 4 is 61.5 Å². The van der Waals surface area contributed by atoms with Crippen molar-refractivity contribution < 1.29 is 28.2 Å². The van der Waals surface area contributed by atoms with Crippen LogP contribution in [-0.2, 0) is 16.2 Å². The van der Waals surface area contributed by atoms with E-state index in [0.29, 0.717) is 25.8 Å². The number of hydrogen-bond acceptors (Lipinski definition) is 5. The second-order valence-electron chi connectivity index (χ2n) is 7.34. The van der Waals surface area contributed by atoms with Gasteiger partial charge in [0.15, 0.2) is 0 Å². The van der Waals surface area contributed by atoms with Crippen molar-refractivity contribution in [1.82, 2.24) is 5.32 Å². The van der Waals surface area contributed by atoms with E-state index in [4.69, 9.17) is 9.47 Å². The Morgan fingerprint density at radius 3 is 2.43 bits per heavy atom. The van der Waals surface area contributed by atoms with E-state index in [9.17, 15) is 18.8 Å². The molecule has 4 amide bonds. The highest BCUT2D eigenvalue weighted by Crippen LogP contribution is 2.36. The summed E-state index contributed by atoms with van der Waals surface area (Å²) in [6.45, 7) is -0.0836. The summed E-state index contributed by atoms with van der Waals surface area (Å²) < 4.78 is 26.2. The second-order valence-corrected chi connectivity index (χ2v) is 9.11. The van der Waals surface area contributed by atoms with Crippen molar-refractivity contribution in [2.75, 3.05) is 12.0 Å². The lowest BCUT2D eigenvalue weighted by Crippen LogP contribution is -2.54. The average Bonchev–Trinajstić information content (AvgIpc) is 2.82. The SMILES string of the molecule is COc1ccc(N2C(=O)NC(=O)/C(=C\c3cc(Br)cc(Br)c3OCc3ccccc3F)C2=O)cc1. The molecule has 0 saturated carbocycles. The van der Waals surface area contributed by atoms with Gasteiger partial charge in [-0.15, -0.1) is 0 Å². The first-order valence-corrected chi connectivity index (χ1v) is 11.8. The fourth-order valence-corrected chi connectivity index (χ4v) is 4.76. The van der Waals surface area contributed by atoms with Gasteiger partial charge in [0.1, 0.15) is 29.5 Å². The van der Waals surface area contributed by atoms with Crippen LogP contribution in [-0.4, -0.2) is 25.0 Å². The third-order valence-electron chi connectivity index (χ3n) is 5.10. The van der Waals surface area contributed by atoms with Crippen molar-refractivity contribution in [2.24, 2.45) is 0 Å². The van der Waals surface area contributed by atoms with Gasteiger partial charge in [0.25, 0.3) is 11.8 Å². The lowest BCUT2D eigenvalue weighted by atomic mass is 10.1. The maximum absolute atomic E-state index is 14.1. The van der Waals surface area contributed by atoms with Crippen LogP contribution in [0.25, 0.3) is 6.08 Å². The number of barbiturate groups is 1. The number of nitrogens with zero attached hydrogens (tertiary/aromatic N) is 1. The second kappa shape index (κ2) is 10.4. The van der Waals surface area contributed by atoms with Crippen LogP contribution in [0.3, 0.4) is 0 Å². The number of imide groups is 2. The summed E-state index contributed by atoms with van der Waals surface area (Å²) in [5.74, 6) is -1.24. The van der Waals surface area contributed by atoms with Crippen LogP contribution >= 0.6 is 31.9 Å². The maximum Gasteiger partial charge on any atom is 0.335 e. The number of benzene rings is 3. The van der Waals surface area contributed by atoms with Gasteiger partial charge in [0, 0.05) is 15.6 Å². The monoisotopic (exact) mass is 602 g/mol. The molecule has 0 aromatic heterocycles. The smallest absolute Gasteiger partial charge is 0.335 e. The molecule has 0 radical (unpaired) electrons. The Hall–Kier alpha value is -3.50. The molecule has 1 aliphatic rings. The van der Waals surface area contributed by atoms with Gasteiger partial charge in [-0.1, -0.05) is 34.1 Å². The van der Waals surface area contributed by atoms with Crippen molar-refractivity contribution in [1.29, 1.82) is 0 Å². The van der Waals surface area contributed by atoms with Crippen molar-refractivity contribution in [3.63, 3.8) is 0 Å². The van der Waals surface area contributed by atoms with Gasteiger partial charge < -0.3 is 9.47 Å². The first kappa shape index (κ1) is 24.6. The molecule has 0 spiro atoms. The molecule has 178 valence electrons.